The number of hydrogen-bond donors (Lipinski definition) is 2. The molecule has 3 aromatic rings. The van der Waals surface area contributed by atoms with Crippen LogP contribution in [0.4, 0.5) is 17.6 Å². The van der Waals surface area contributed by atoms with Crippen LogP contribution in [-0.2, 0) is 4.74 Å². The predicted octanol–water partition coefficient (Wildman–Crippen LogP) is 2.93. The third-order valence-corrected chi connectivity index (χ3v) is 4.50. The molecular weight excluding hydrogens is 356 g/mol. The second-order valence-electron chi connectivity index (χ2n) is 6.66. The second kappa shape index (κ2) is 8.81. The number of ether oxygens (including phenoxy) is 1. The molecule has 146 valence electrons. The molecular formula is C20H24N6O2. The zero-order valence-electron chi connectivity index (χ0n) is 15.9. The van der Waals surface area contributed by atoms with E-state index in [1.54, 1.807) is 0 Å². The maximum atomic E-state index is 5.40. The summed E-state index contributed by atoms with van der Waals surface area (Å²) >= 11 is 0. The summed E-state index contributed by atoms with van der Waals surface area (Å²) in [5.41, 5.74) is 1.87. The Labute approximate surface area is 163 Å². The van der Waals surface area contributed by atoms with E-state index in [9.17, 15) is 0 Å². The first kappa shape index (κ1) is 18.4. The average molecular weight is 380 g/mol. The third-order valence-electron chi connectivity index (χ3n) is 4.50. The molecule has 0 amide bonds. The van der Waals surface area contributed by atoms with E-state index in [0.717, 1.165) is 62.2 Å². The Balaban J connectivity index is 1.51. The molecule has 0 aliphatic carbocycles. The van der Waals surface area contributed by atoms with Crippen LogP contribution >= 0.6 is 0 Å². The lowest BCUT2D eigenvalue weighted by atomic mass is 10.1. The van der Waals surface area contributed by atoms with Crippen molar-refractivity contribution in [3.05, 3.63) is 48.2 Å². The van der Waals surface area contributed by atoms with Crippen LogP contribution in [-0.4, -0.2) is 59.4 Å². The van der Waals surface area contributed by atoms with Crippen LogP contribution < -0.4 is 10.6 Å². The van der Waals surface area contributed by atoms with Crippen molar-refractivity contribution in [1.82, 2.24) is 20.0 Å². The monoisotopic (exact) mass is 380 g/mol. The molecule has 1 aliphatic heterocycles. The molecule has 4 rings (SSSR count). The fourth-order valence-electron chi connectivity index (χ4n) is 3.06. The molecule has 0 bridgehead atoms. The van der Waals surface area contributed by atoms with Crippen LogP contribution in [0, 0.1) is 6.92 Å². The van der Waals surface area contributed by atoms with Gasteiger partial charge in [-0.05, 0) is 6.92 Å². The second-order valence-corrected chi connectivity index (χ2v) is 6.66. The molecule has 0 saturated carbocycles. The number of rotatable bonds is 7. The van der Waals surface area contributed by atoms with E-state index < -0.39 is 0 Å². The number of morpholine rings is 1. The van der Waals surface area contributed by atoms with Crippen molar-refractivity contribution < 1.29 is 9.26 Å². The molecule has 1 fully saturated rings. The summed E-state index contributed by atoms with van der Waals surface area (Å²) in [6, 6.07) is 13.8. The highest BCUT2D eigenvalue weighted by atomic mass is 16.5. The molecule has 0 atom stereocenters. The molecule has 2 aromatic heterocycles. The number of nitrogens with one attached hydrogen (secondary N) is 2. The van der Waals surface area contributed by atoms with Gasteiger partial charge in [0, 0.05) is 43.9 Å². The van der Waals surface area contributed by atoms with Gasteiger partial charge in [0.05, 0.1) is 18.9 Å². The van der Waals surface area contributed by atoms with E-state index in [-0.39, 0.29) is 0 Å². The molecule has 3 heterocycles. The molecule has 8 nitrogen and oxygen atoms in total. The van der Waals surface area contributed by atoms with E-state index in [1.807, 2.05) is 49.4 Å². The maximum absolute atomic E-state index is 5.40. The van der Waals surface area contributed by atoms with Gasteiger partial charge in [0.25, 0.3) is 0 Å². The highest BCUT2D eigenvalue weighted by Gasteiger charge is 2.11. The molecule has 1 saturated heterocycles. The number of benzene rings is 1. The van der Waals surface area contributed by atoms with Crippen molar-refractivity contribution in [3.63, 3.8) is 0 Å². The summed E-state index contributed by atoms with van der Waals surface area (Å²) in [5.74, 6) is 2.56. The Morgan fingerprint density at radius 2 is 1.86 bits per heavy atom. The molecule has 1 aliphatic rings. The van der Waals surface area contributed by atoms with Gasteiger partial charge in [0.15, 0.2) is 5.82 Å². The standard InChI is InChI=1S/C20H24N6O2/c1-15-13-19(25-28-15)24-20-22-17(16-5-3-2-4-6-16)14-18(23-20)21-7-8-26-9-11-27-12-10-26/h2-6,13-14H,7-12H2,1H3,(H2,21,22,23,24,25). The van der Waals surface area contributed by atoms with E-state index in [1.165, 1.54) is 0 Å². The predicted molar refractivity (Wildman–Crippen MR) is 108 cm³/mol. The average Bonchev–Trinajstić information content (AvgIpc) is 3.14. The molecule has 2 N–H and O–H groups in total. The summed E-state index contributed by atoms with van der Waals surface area (Å²) in [6.07, 6.45) is 0. The van der Waals surface area contributed by atoms with Gasteiger partial charge in [-0.2, -0.15) is 4.98 Å². The fourth-order valence-corrected chi connectivity index (χ4v) is 3.06. The Bertz CT molecular complexity index is 893. The molecule has 28 heavy (non-hydrogen) atoms. The van der Waals surface area contributed by atoms with Gasteiger partial charge in [0.1, 0.15) is 11.6 Å². The molecule has 0 unspecified atom stereocenters. The van der Waals surface area contributed by atoms with Crippen molar-refractivity contribution >= 4 is 17.6 Å². The first-order valence-electron chi connectivity index (χ1n) is 9.45. The topological polar surface area (TPSA) is 88.3 Å². The Hall–Kier alpha value is -2.97. The maximum Gasteiger partial charge on any atom is 0.231 e. The zero-order valence-corrected chi connectivity index (χ0v) is 15.9. The minimum absolute atomic E-state index is 0.475. The van der Waals surface area contributed by atoms with Crippen LogP contribution in [0.1, 0.15) is 5.76 Å². The van der Waals surface area contributed by atoms with Gasteiger partial charge in [0.2, 0.25) is 5.95 Å². The number of nitrogens with zero attached hydrogens (tertiary/aromatic N) is 4. The summed E-state index contributed by atoms with van der Waals surface area (Å²) in [7, 11) is 0. The lowest BCUT2D eigenvalue weighted by Gasteiger charge is -2.26. The van der Waals surface area contributed by atoms with Crippen LogP contribution in [0.5, 0.6) is 0 Å². The molecule has 1 aromatic carbocycles. The van der Waals surface area contributed by atoms with E-state index in [2.05, 4.69) is 30.7 Å². The summed E-state index contributed by atoms with van der Waals surface area (Å²) in [6.45, 7) is 7.14. The molecule has 8 heteroatoms. The summed E-state index contributed by atoms with van der Waals surface area (Å²) in [5, 5.41) is 10.5. The number of aryl methyl sites for hydroxylation is 1. The highest BCUT2D eigenvalue weighted by molar-refractivity contribution is 5.65. The van der Waals surface area contributed by atoms with Gasteiger partial charge in [-0.3, -0.25) is 4.90 Å². The van der Waals surface area contributed by atoms with Crippen molar-refractivity contribution in [2.75, 3.05) is 50.0 Å². The van der Waals surface area contributed by atoms with Crippen LogP contribution in [0.15, 0.2) is 47.0 Å². The number of anilines is 3. The van der Waals surface area contributed by atoms with Gasteiger partial charge >= 0.3 is 0 Å². The summed E-state index contributed by atoms with van der Waals surface area (Å²) in [4.78, 5) is 11.6. The SMILES string of the molecule is Cc1cc(Nc2nc(NCCN3CCOCC3)cc(-c3ccccc3)n2)no1. The lowest BCUT2D eigenvalue weighted by Crippen LogP contribution is -2.39. The number of hydrogen-bond acceptors (Lipinski definition) is 8. The van der Waals surface area contributed by atoms with Crippen LogP contribution in [0.2, 0.25) is 0 Å². The largest absolute Gasteiger partial charge is 0.379 e. The normalized spacial score (nSPS) is 14.8. The Morgan fingerprint density at radius 1 is 1.04 bits per heavy atom. The van der Waals surface area contributed by atoms with Crippen LogP contribution in [0.25, 0.3) is 11.3 Å². The van der Waals surface area contributed by atoms with E-state index in [4.69, 9.17) is 9.26 Å². The summed E-state index contributed by atoms with van der Waals surface area (Å²) < 4.78 is 10.5. The van der Waals surface area contributed by atoms with E-state index in [0.29, 0.717) is 11.8 Å². The van der Waals surface area contributed by atoms with Crippen molar-refractivity contribution in [2.45, 2.75) is 6.92 Å². The molecule has 0 radical (unpaired) electrons. The van der Waals surface area contributed by atoms with Crippen molar-refractivity contribution in [1.29, 1.82) is 0 Å². The quantitative estimate of drug-likeness (QED) is 0.647. The van der Waals surface area contributed by atoms with Gasteiger partial charge < -0.3 is 19.9 Å². The minimum atomic E-state index is 0.475. The first-order valence-corrected chi connectivity index (χ1v) is 9.45. The number of aromatic nitrogens is 3. The van der Waals surface area contributed by atoms with E-state index >= 15 is 0 Å². The zero-order chi connectivity index (χ0) is 19.2. The minimum Gasteiger partial charge on any atom is -0.379 e. The van der Waals surface area contributed by atoms with Gasteiger partial charge in [-0.25, -0.2) is 4.98 Å². The highest BCUT2D eigenvalue weighted by Crippen LogP contribution is 2.23. The van der Waals surface area contributed by atoms with Gasteiger partial charge in [-0.15, -0.1) is 0 Å². The van der Waals surface area contributed by atoms with Crippen molar-refractivity contribution in [2.24, 2.45) is 0 Å². The molecule has 0 spiro atoms. The third kappa shape index (κ3) is 4.85. The smallest absolute Gasteiger partial charge is 0.231 e. The fraction of sp³-hybridized carbons (Fsp3) is 0.350. The van der Waals surface area contributed by atoms with Gasteiger partial charge in [-0.1, -0.05) is 35.5 Å². The first-order chi connectivity index (χ1) is 13.8. The van der Waals surface area contributed by atoms with Crippen LogP contribution in [0.3, 0.4) is 0 Å². The van der Waals surface area contributed by atoms with Crippen molar-refractivity contribution in [3.8, 4) is 11.3 Å². The Kier molecular flexibility index (Phi) is 5.79. The lowest BCUT2D eigenvalue weighted by molar-refractivity contribution is 0.0398. The Morgan fingerprint density at radius 3 is 2.61 bits per heavy atom.